The van der Waals surface area contributed by atoms with Gasteiger partial charge in [-0.3, -0.25) is 4.79 Å². The van der Waals surface area contributed by atoms with Crippen molar-refractivity contribution in [3.8, 4) is 0 Å². The molecule has 0 atom stereocenters. The number of hydrogen-bond donors (Lipinski definition) is 1. The van der Waals surface area contributed by atoms with Crippen molar-refractivity contribution in [2.24, 2.45) is 0 Å². The van der Waals surface area contributed by atoms with E-state index in [4.69, 9.17) is 0 Å². The highest BCUT2D eigenvalue weighted by molar-refractivity contribution is 8.14. The zero-order chi connectivity index (χ0) is 11.4. The first-order valence-corrected chi connectivity index (χ1v) is 6.63. The number of hydrogen-bond acceptors (Lipinski definition) is 3. The van der Waals surface area contributed by atoms with E-state index < -0.39 is 5.60 Å². The van der Waals surface area contributed by atoms with Crippen LogP contribution in [0, 0.1) is 0 Å². The van der Waals surface area contributed by atoms with Crippen molar-refractivity contribution in [3.63, 3.8) is 0 Å². The molecule has 0 amide bonds. The summed E-state index contributed by atoms with van der Waals surface area (Å²) < 4.78 is 0. The third kappa shape index (κ3) is 2.86. The molecule has 1 aromatic carbocycles. The molecule has 1 fully saturated rings. The Hall–Kier alpha value is -0.800. The van der Waals surface area contributed by atoms with Gasteiger partial charge in [0, 0.05) is 11.3 Å². The lowest BCUT2D eigenvalue weighted by Crippen LogP contribution is -2.27. The predicted molar refractivity (Wildman–Crippen MR) is 66.6 cm³/mol. The fourth-order valence-electron chi connectivity index (χ4n) is 2.03. The van der Waals surface area contributed by atoms with Crippen LogP contribution in [0.15, 0.2) is 30.3 Å². The molecule has 0 radical (unpaired) electrons. The van der Waals surface area contributed by atoms with Gasteiger partial charge >= 0.3 is 0 Å². The summed E-state index contributed by atoms with van der Waals surface area (Å²) in [5.74, 6) is 0.528. The van der Waals surface area contributed by atoms with Crippen LogP contribution in [0.3, 0.4) is 0 Å². The molecular formula is C13H16O2S. The molecule has 1 aliphatic rings. The second-order valence-electron chi connectivity index (χ2n) is 4.37. The number of aliphatic hydroxyl groups is 1. The van der Waals surface area contributed by atoms with Gasteiger partial charge in [-0.05, 0) is 12.8 Å². The average Bonchev–Trinajstić information content (AvgIpc) is 2.75. The van der Waals surface area contributed by atoms with Gasteiger partial charge in [0.2, 0.25) is 5.12 Å². The largest absolute Gasteiger partial charge is 0.389 e. The van der Waals surface area contributed by atoms with Crippen LogP contribution in [-0.2, 0) is 0 Å². The topological polar surface area (TPSA) is 37.3 Å². The summed E-state index contributed by atoms with van der Waals surface area (Å²) >= 11 is 1.24. The van der Waals surface area contributed by atoms with Gasteiger partial charge in [-0.25, -0.2) is 0 Å². The summed E-state index contributed by atoms with van der Waals surface area (Å²) in [6.07, 6.45) is 3.83. The van der Waals surface area contributed by atoms with E-state index in [1.807, 2.05) is 30.3 Å². The van der Waals surface area contributed by atoms with Gasteiger partial charge in [0.25, 0.3) is 0 Å². The van der Waals surface area contributed by atoms with Crippen LogP contribution < -0.4 is 0 Å². The monoisotopic (exact) mass is 236 g/mol. The van der Waals surface area contributed by atoms with E-state index in [0.717, 1.165) is 25.7 Å². The van der Waals surface area contributed by atoms with Gasteiger partial charge in [0.05, 0.1) is 5.60 Å². The van der Waals surface area contributed by atoms with Gasteiger partial charge < -0.3 is 5.11 Å². The van der Waals surface area contributed by atoms with E-state index in [2.05, 4.69) is 0 Å². The van der Waals surface area contributed by atoms with Crippen LogP contribution in [0.5, 0.6) is 0 Å². The Labute approximate surface area is 100 Å². The molecule has 0 unspecified atom stereocenters. The molecule has 1 N–H and O–H groups in total. The Morgan fingerprint density at radius 3 is 2.50 bits per heavy atom. The van der Waals surface area contributed by atoms with Crippen LogP contribution in [0.4, 0.5) is 0 Å². The van der Waals surface area contributed by atoms with Gasteiger partial charge in [0.1, 0.15) is 0 Å². The summed E-state index contributed by atoms with van der Waals surface area (Å²) in [5, 5.41) is 10.2. The van der Waals surface area contributed by atoms with Crippen molar-refractivity contribution in [2.75, 3.05) is 5.75 Å². The molecule has 0 saturated heterocycles. The maximum atomic E-state index is 11.8. The standard InChI is InChI=1S/C13H16O2S/c14-12(11-6-2-1-3-7-11)16-10-13(15)8-4-5-9-13/h1-3,6-7,15H,4-5,8-10H2. The minimum atomic E-state index is -0.602. The number of thioether (sulfide) groups is 1. The smallest absolute Gasteiger partial charge is 0.219 e. The van der Waals surface area contributed by atoms with Crippen molar-refractivity contribution in [1.29, 1.82) is 0 Å². The molecule has 0 spiro atoms. The third-order valence-corrected chi connectivity index (χ3v) is 4.20. The van der Waals surface area contributed by atoms with Crippen LogP contribution in [0.2, 0.25) is 0 Å². The zero-order valence-electron chi connectivity index (χ0n) is 9.19. The summed E-state index contributed by atoms with van der Waals surface area (Å²) in [6.45, 7) is 0. The van der Waals surface area contributed by atoms with Crippen molar-refractivity contribution >= 4 is 16.9 Å². The van der Waals surface area contributed by atoms with E-state index in [1.165, 1.54) is 11.8 Å². The highest BCUT2D eigenvalue weighted by Gasteiger charge is 2.31. The lowest BCUT2D eigenvalue weighted by Gasteiger charge is -2.20. The number of benzene rings is 1. The number of rotatable bonds is 3. The molecule has 0 aromatic heterocycles. The molecule has 1 aliphatic carbocycles. The van der Waals surface area contributed by atoms with Crippen LogP contribution in [0.25, 0.3) is 0 Å². The fraction of sp³-hybridized carbons (Fsp3) is 0.462. The second-order valence-corrected chi connectivity index (χ2v) is 5.32. The van der Waals surface area contributed by atoms with E-state index in [0.29, 0.717) is 11.3 Å². The molecule has 0 bridgehead atoms. The SMILES string of the molecule is O=C(SCC1(O)CCCC1)c1ccccc1. The van der Waals surface area contributed by atoms with Crippen molar-refractivity contribution in [1.82, 2.24) is 0 Å². The van der Waals surface area contributed by atoms with Gasteiger partial charge in [0.15, 0.2) is 0 Å². The molecule has 16 heavy (non-hydrogen) atoms. The predicted octanol–water partition coefficient (Wildman–Crippen LogP) is 2.87. The second kappa shape index (κ2) is 5.02. The molecule has 0 aliphatic heterocycles. The average molecular weight is 236 g/mol. The van der Waals surface area contributed by atoms with E-state index in [1.54, 1.807) is 0 Å². The van der Waals surface area contributed by atoms with Crippen LogP contribution >= 0.6 is 11.8 Å². The molecule has 0 heterocycles. The Kier molecular flexibility index (Phi) is 3.66. The summed E-state index contributed by atoms with van der Waals surface area (Å²) in [6, 6.07) is 9.24. The van der Waals surface area contributed by atoms with Gasteiger partial charge in [-0.1, -0.05) is 54.9 Å². The molecule has 1 saturated carbocycles. The lowest BCUT2D eigenvalue weighted by atomic mass is 10.1. The summed E-state index contributed by atoms with van der Waals surface area (Å²) in [5.41, 5.74) is 0.115. The molecule has 2 rings (SSSR count). The Morgan fingerprint density at radius 2 is 1.88 bits per heavy atom. The third-order valence-electron chi connectivity index (χ3n) is 3.02. The highest BCUT2D eigenvalue weighted by atomic mass is 32.2. The number of carbonyl (C=O) groups excluding carboxylic acids is 1. The highest BCUT2D eigenvalue weighted by Crippen LogP contribution is 2.33. The summed E-state index contributed by atoms with van der Waals surface area (Å²) in [4.78, 5) is 11.8. The Morgan fingerprint density at radius 1 is 1.25 bits per heavy atom. The lowest BCUT2D eigenvalue weighted by molar-refractivity contribution is 0.0728. The number of carbonyl (C=O) groups is 1. The van der Waals surface area contributed by atoms with Crippen molar-refractivity contribution in [2.45, 2.75) is 31.3 Å². The normalized spacial score (nSPS) is 18.6. The molecular weight excluding hydrogens is 220 g/mol. The van der Waals surface area contributed by atoms with Crippen LogP contribution in [-0.4, -0.2) is 21.6 Å². The molecule has 2 nitrogen and oxygen atoms in total. The minimum Gasteiger partial charge on any atom is -0.389 e. The first kappa shape index (κ1) is 11.7. The maximum Gasteiger partial charge on any atom is 0.219 e. The quantitative estimate of drug-likeness (QED) is 0.876. The minimum absolute atomic E-state index is 0.0564. The van der Waals surface area contributed by atoms with E-state index >= 15 is 0 Å². The van der Waals surface area contributed by atoms with Gasteiger partial charge in [-0.15, -0.1) is 0 Å². The fourth-order valence-corrected chi connectivity index (χ4v) is 3.03. The Bertz CT molecular complexity index is 355. The Balaban J connectivity index is 1.89. The first-order valence-electron chi connectivity index (χ1n) is 5.64. The van der Waals surface area contributed by atoms with Crippen LogP contribution in [0.1, 0.15) is 36.0 Å². The first-order chi connectivity index (χ1) is 7.70. The molecule has 1 aromatic rings. The van der Waals surface area contributed by atoms with Gasteiger partial charge in [-0.2, -0.15) is 0 Å². The molecule has 3 heteroatoms. The zero-order valence-corrected chi connectivity index (χ0v) is 10.0. The van der Waals surface area contributed by atoms with E-state index in [-0.39, 0.29) is 5.12 Å². The van der Waals surface area contributed by atoms with Crippen molar-refractivity contribution < 1.29 is 9.90 Å². The van der Waals surface area contributed by atoms with E-state index in [9.17, 15) is 9.90 Å². The van der Waals surface area contributed by atoms with Crippen molar-refractivity contribution in [3.05, 3.63) is 35.9 Å². The molecule has 86 valence electrons. The summed E-state index contributed by atoms with van der Waals surface area (Å²) in [7, 11) is 0. The maximum absolute atomic E-state index is 11.8.